The standard InChI is InChI=1S/C15H22N2O2/c1-12-8-14(11-17(10-12)15(18)19-2)16-9-13-6-4-3-5-7-13/h3-7,12,14,16H,8-11H2,1-2H3. The number of amides is 1. The molecular formula is C15H22N2O2. The second-order valence-corrected chi connectivity index (χ2v) is 5.28. The molecule has 2 atom stereocenters. The minimum absolute atomic E-state index is 0.224. The van der Waals surface area contributed by atoms with Crippen LogP contribution in [0.1, 0.15) is 18.9 Å². The van der Waals surface area contributed by atoms with E-state index in [0.717, 1.165) is 26.1 Å². The summed E-state index contributed by atoms with van der Waals surface area (Å²) in [4.78, 5) is 13.4. The Balaban J connectivity index is 1.87. The highest BCUT2D eigenvalue weighted by Crippen LogP contribution is 2.17. The molecule has 1 aromatic rings. The molecule has 2 unspecified atom stereocenters. The summed E-state index contributed by atoms with van der Waals surface area (Å²) < 4.78 is 4.81. The summed E-state index contributed by atoms with van der Waals surface area (Å²) in [6.07, 6.45) is 0.874. The Labute approximate surface area is 114 Å². The van der Waals surface area contributed by atoms with Gasteiger partial charge in [-0.05, 0) is 17.9 Å². The van der Waals surface area contributed by atoms with Gasteiger partial charge >= 0.3 is 6.09 Å². The van der Waals surface area contributed by atoms with Crippen LogP contribution in [-0.2, 0) is 11.3 Å². The zero-order valence-electron chi connectivity index (χ0n) is 11.6. The predicted molar refractivity (Wildman–Crippen MR) is 74.8 cm³/mol. The van der Waals surface area contributed by atoms with Crippen molar-refractivity contribution in [2.24, 2.45) is 5.92 Å². The molecule has 0 spiro atoms. The van der Waals surface area contributed by atoms with Crippen molar-refractivity contribution >= 4 is 6.09 Å². The van der Waals surface area contributed by atoms with Gasteiger partial charge in [0.25, 0.3) is 0 Å². The lowest BCUT2D eigenvalue weighted by Gasteiger charge is -2.36. The minimum atomic E-state index is -0.224. The van der Waals surface area contributed by atoms with Gasteiger partial charge in [-0.15, -0.1) is 0 Å². The summed E-state index contributed by atoms with van der Waals surface area (Å²) >= 11 is 0. The third kappa shape index (κ3) is 3.96. The highest BCUT2D eigenvalue weighted by Gasteiger charge is 2.27. The van der Waals surface area contributed by atoms with Crippen LogP contribution in [0.15, 0.2) is 30.3 Å². The van der Waals surface area contributed by atoms with Crippen molar-refractivity contribution in [2.45, 2.75) is 25.9 Å². The van der Waals surface area contributed by atoms with Gasteiger partial charge in [0.2, 0.25) is 0 Å². The summed E-state index contributed by atoms with van der Waals surface area (Å²) in [5.41, 5.74) is 1.27. The normalized spacial score (nSPS) is 23.2. The molecule has 1 amide bonds. The molecule has 1 N–H and O–H groups in total. The average molecular weight is 262 g/mol. The zero-order chi connectivity index (χ0) is 13.7. The van der Waals surface area contributed by atoms with Gasteiger partial charge in [0.05, 0.1) is 7.11 Å². The van der Waals surface area contributed by atoms with Crippen LogP contribution in [-0.4, -0.2) is 37.2 Å². The Morgan fingerprint density at radius 2 is 2.11 bits per heavy atom. The molecule has 4 nitrogen and oxygen atoms in total. The average Bonchev–Trinajstić information content (AvgIpc) is 2.45. The van der Waals surface area contributed by atoms with Crippen molar-refractivity contribution in [3.8, 4) is 0 Å². The molecule has 1 fully saturated rings. The molecule has 1 aliphatic heterocycles. The number of hydrogen-bond acceptors (Lipinski definition) is 3. The van der Waals surface area contributed by atoms with Gasteiger partial charge in [-0.3, -0.25) is 0 Å². The maximum Gasteiger partial charge on any atom is 0.409 e. The number of nitrogens with one attached hydrogen (secondary N) is 1. The van der Waals surface area contributed by atoms with E-state index in [1.807, 2.05) is 18.2 Å². The first-order chi connectivity index (χ1) is 9.19. The molecular weight excluding hydrogens is 240 g/mol. The molecule has 1 heterocycles. The number of rotatable bonds is 3. The van der Waals surface area contributed by atoms with Gasteiger partial charge in [-0.2, -0.15) is 0 Å². The van der Waals surface area contributed by atoms with Gasteiger partial charge in [0.1, 0.15) is 0 Å². The molecule has 0 saturated carbocycles. The monoisotopic (exact) mass is 262 g/mol. The molecule has 2 rings (SSSR count). The fourth-order valence-electron chi connectivity index (χ4n) is 2.64. The van der Waals surface area contributed by atoms with Crippen molar-refractivity contribution in [1.29, 1.82) is 0 Å². The number of carbonyl (C=O) groups is 1. The van der Waals surface area contributed by atoms with Gasteiger partial charge in [-0.25, -0.2) is 4.79 Å². The summed E-state index contributed by atoms with van der Waals surface area (Å²) in [5.74, 6) is 0.501. The predicted octanol–water partition coefficient (Wildman–Crippen LogP) is 2.25. The van der Waals surface area contributed by atoms with Crippen LogP contribution in [0.4, 0.5) is 4.79 Å². The van der Waals surface area contributed by atoms with Crippen LogP contribution in [0.5, 0.6) is 0 Å². The number of hydrogen-bond donors (Lipinski definition) is 1. The highest BCUT2D eigenvalue weighted by molar-refractivity contribution is 5.67. The van der Waals surface area contributed by atoms with Gasteiger partial charge in [-0.1, -0.05) is 37.3 Å². The summed E-state index contributed by atoms with van der Waals surface area (Å²) in [7, 11) is 1.44. The molecule has 0 aromatic heterocycles. The molecule has 104 valence electrons. The third-order valence-electron chi connectivity index (χ3n) is 3.53. The second kappa shape index (κ2) is 6.57. The topological polar surface area (TPSA) is 41.6 Å². The first-order valence-corrected chi connectivity index (χ1v) is 6.79. The van der Waals surface area contributed by atoms with E-state index in [2.05, 4.69) is 24.4 Å². The SMILES string of the molecule is COC(=O)N1CC(C)CC(NCc2ccccc2)C1. The van der Waals surface area contributed by atoms with E-state index in [1.54, 1.807) is 4.90 Å². The highest BCUT2D eigenvalue weighted by atomic mass is 16.5. The lowest BCUT2D eigenvalue weighted by Crippen LogP contribution is -2.50. The van der Waals surface area contributed by atoms with Crippen LogP contribution in [0.3, 0.4) is 0 Å². The first kappa shape index (κ1) is 13.9. The number of ether oxygens (including phenoxy) is 1. The molecule has 0 aliphatic carbocycles. The van der Waals surface area contributed by atoms with E-state index in [0.29, 0.717) is 12.0 Å². The Morgan fingerprint density at radius 1 is 1.37 bits per heavy atom. The van der Waals surface area contributed by atoms with Gasteiger partial charge < -0.3 is 15.0 Å². The smallest absolute Gasteiger partial charge is 0.409 e. The van der Waals surface area contributed by atoms with Crippen LogP contribution in [0.25, 0.3) is 0 Å². The summed E-state index contributed by atoms with van der Waals surface area (Å²) in [6.45, 7) is 4.53. The summed E-state index contributed by atoms with van der Waals surface area (Å²) in [6, 6.07) is 10.7. The Hall–Kier alpha value is -1.55. The van der Waals surface area contributed by atoms with Crippen molar-refractivity contribution in [3.05, 3.63) is 35.9 Å². The number of carbonyl (C=O) groups excluding carboxylic acids is 1. The maximum absolute atomic E-state index is 11.6. The molecule has 1 aliphatic rings. The fourth-order valence-corrected chi connectivity index (χ4v) is 2.64. The van der Waals surface area contributed by atoms with Gasteiger partial charge in [0, 0.05) is 25.7 Å². The Kier molecular flexibility index (Phi) is 4.80. The van der Waals surface area contributed by atoms with E-state index < -0.39 is 0 Å². The lowest BCUT2D eigenvalue weighted by molar-refractivity contribution is 0.0937. The van der Waals surface area contributed by atoms with Crippen LogP contribution >= 0.6 is 0 Å². The van der Waals surface area contributed by atoms with Crippen LogP contribution in [0, 0.1) is 5.92 Å². The van der Waals surface area contributed by atoms with Crippen LogP contribution in [0.2, 0.25) is 0 Å². The molecule has 1 aromatic carbocycles. The van der Waals surface area contributed by atoms with Gasteiger partial charge in [0.15, 0.2) is 0 Å². The Morgan fingerprint density at radius 3 is 2.79 bits per heavy atom. The number of benzene rings is 1. The molecule has 0 bridgehead atoms. The zero-order valence-corrected chi connectivity index (χ0v) is 11.6. The second-order valence-electron chi connectivity index (χ2n) is 5.28. The largest absolute Gasteiger partial charge is 0.453 e. The molecule has 19 heavy (non-hydrogen) atoms. The fraction of sp³-hybridized carbons (Fsp3) is 0.533. The van der Waals surface area contributed by atoms with E-state index in [-0.39, 0.29) is 6.09 Å². The minimum Gasteiger partial charge on any atom is -0.453 e. The van der Waals surface area contributed by atoms with Crippen molar-refractivity contribution < 1.29 is 9.53 Å². The number of nitrogens with zero attached hydrogens (tertiary/aromatic N) is 1. The molecule has 0 radical (unpaired) electrons. The lowest BCUT2D eigenvalue weighted by atomic mass is 9.96. The number of likely N-dealkylation sites (tertiary alicyclic amines) is 1. The first-order valence-electron chi connectivity index (χ1n) is 6.79. The van der Waals surface area contributed by atoms with Crippen LogP contribution < -0.4 is 5.32 Å². The number of piperidine rings is 1. The molecule has 1 saturated heterocycles. The third-order valence-corrected chi connectivity index (χ3v) is 3.53. The van der Waals surface area contributed by atoms with Crippen molar-refractivity contribution in [2.75, 3.05) is 20.2 Å². The van der Waals surface area contributed by atoms with E-state index in [1.165, 1.54) is 12.7 Å². The number of methoxy groups -OCH3 is 1. The van der Waals surface area contributed by atoms with E-state index in [4.69, 9.17) is 4.74 Å². The summed E-state index contributed by atoms with van der Waals surface area (Å²) in [5, 5.41) is 3.53. The Bertz CT molecular complexity index is 408. The van der Waals surface area contributed by atoms with Crippen molar-refractivity contribution in [3.63, 3.8) is 0 Å². The molecule has 4 heteroatoms. The van der Waals surface area contributed by atoms with E-state index in [9.17, 15) is 4.79 Å². The van der Waals surface area contributed by atoms with Crippen molar-refractivity contribution in [1.82, 2.24) is 10.2 Å². The quantitative estimate of drug-likeness (QED) is 0.908. The maximum atomic E-state index is 11.6. The van der Waals surface area contributed by atoms with E-state index >= 15 is 0 Å².